The third kappa shape index (κ3) is 3.73. The zero-order chi connectivity index (χ0) is 19.7. The van der Waals surface area contributed by atoms with Crippen LogP contribution in [0.4, 0.5) is 8.78 Å². The van der Waals surface area contributed by atoms with Gasteiger partial charge in [0.05, 0.1) is 16.5 Å². The summed E-state index contributed by atoms with van der Waals surface area (Å²) in [7, 11) is 0. The summed E-state index contributed by atoms with van der Waals surface area (Å²) < 4.78 is 32.5. The molecular formula is C21H13ClF2N2O2. The van der Waals surface area contributed by atoms with Gasteiger partial charge in [-0.05, 0) is 48.0 Å². The minimum atomic E-state index is -0.685. The maximum absolute atomic E-state index is 13.4. The van der Waals surface area contributed by atoms with Crippen LogP contribution in [0.25, 0.3) is 22.3 Å². The van der Waals surface area contributed by atoms with Crippen molar-refractivity contribution < 1.29 is 13.5 Å². The van der Waals surface area contributed by atoms with E-state index in [2.05, 4.69) is 9.97 Å². The number of ether oxygens (including phenoxy) is 1. The fourth-order valence-electron chi connectivity index (χ4n) is 2.88. The Bertz CT molecular complexity index is 1220. The number of benzene rings is 3. The average Bonchev–Trinajstić information content (AvgIpc) is 2.66. The highest BCUT2D eigenvalue weighted by Gasteiger charge is 2.13. The Morgan fingerprint density at radius 3 is 2.54 bits per heavy atom. The van der Waals surface area contributed by atoms with Crippen LogP contribution in [0, 0.1) is 11.6 Å². The number of hydrogen-bond donors (Lipinski definition) is 1. The van der Waals surface area contributed by atoms with Crippen molar-refractivity contribution >= 4 is 22.5 Å². The molecule has 0 unspecified atom stereocenters. The number of nitrogens with one attached hydrogen (secondary N) is 1. The molecule has 3 aromatic carbocycles. The van der Waals surface area contributed by atoms with Crippen LogP contribution >= 0.6 is 11.6 Å². The lowest BCUT2D eigenvalue weighted by Gasteiger charge is -2.12. The Hall–Kier alpha value is -3.25. The first-order valence-corrected chi connectivity index (χ1v) is 8.74. The van der Waals surface area contributed by atoms with Gasteiger partial charge in [-0.3, -0.25) is 4.79 Å². The highest BCUT2D eigenvalue weighted by Crippen LogP contribution is 2.31. The first-order valence-electron chi connectivity index (χ1n) is 8.36. The van der Waals surface area contributed by atoms with Gasteiger partial charge < -0.3 is 9.72 Å². The van der Waals surface area contributed by atoms with Crippen molar-refractivity contribution in [2.45, 2.75) is 6.61 Å². The van der Waals surface area contributed by atoms with Gasteiger partial charge in [-0.25, -0.2) is 13.8 Å². The number of H-pyrrole nitrogens is 1. The number of aromatic amines is 1. The van der Waals surface area contributed by atoms with Crippen LogP contribution in [0.3, 0.4) is 0 Å². The molecule has 0 aliphatic carbocycles. The lowest BCUT2D eigenvalue weighted by molar-refractivity contribution is 0.306. The van der Waals surface area contributed by atoms with Crippen molar-refractivity contribution in [1.82, 2.24) is 9.97 Å². The van der Waals surface area contributed by atoms with E-state index in [1.54, 1.807) is 42.5 Å². The molecule has 4 nitrogen and oxygen atoms in total. The van der Waals surface area contributed by atoms with Crippen molar-refractivity contribution in [3.05, 3.63) is 93.2 Å². The standard InChI is InChI=1S/C21H13ClF2N2O2/c22-13-5-6-19(28-11-12-7-14(23)10-15(24)8-12)17(9-13)20-25-18-4-2-1-3-16(18)21(27)26-20/h1-10H,11H2,(H,25,26,27). The molecule has 0 fully saturated rings. The van der Waals surface area contributed by atoms with Gasteiger partial charge >= 0.3 is 0 Å². The molecule has 7 heteroatoms. The molecule has 0 aliphatic heterocycles. The predicted molar refractivity (Wildman–Crippen MR) is 103 cm³/mol. The Morgan fingerprint density at radius 1 is 1.00 bits per heavy atom. The third-order valence-corrected chi connectivity index (χ3v) is 4.36. The fraction of sp³-hybridized carbons (Fsp3) is 0.0476. The van der Waals surface area contributed by atoms with Gasteiger partial charge in [0.25, 0.3) is 5.56 Å². The maximum Gasteiger partial charge on any atom is 0.259 e. The van der Waals surface area contributed by atoms with Crippen molar-refractivity contribution in [2.75, 3.05) is 0 Å². The molecule has 0 bridgehead atoms. The van der Waals surface area contributed by atoms with E-state index in [9.17, 15) is 13.6 Å². The minimum Gasteiger partial charge on any atom is -0.488 e. The summed E-state index contributed by atoms with van der Waals surface area (Å²) in [5, 5.41) is 0.890. The van der Waals surface area contributed by atoms with E-state index in [1.165, 1.54) is 12.1 Å². The molecule has 0 aliphatic rings. The summed E-state index contributed by atoms with van der Waals surface area (Å²) in [6, 6.07) is 15.0. The van der Waals surface area contributed by atoms with Crippen molar-refractivity contribution in [3.8, 4) is 17.1 Å². The number of para-hydroxylation sites is 1. The second kappa shape index (κ2) is 7.40. The molecular weight excluding hydrogens is 386 g/mol. The first kappa shape index (κ1) is 18.1. The van der Waals surface area contributed by atoms with Crippen molar-refractivity contribution in [3.63, 3.8) is 0 Å². The third-order valence-electron chi connectivity index (χ3n) is 4.13. The van der Waals surface area contributed by atoms with E-state index in [-0.39, 0.29) is 18.0 Å². The molecule has 0 radical (unpaired) electrons. The molecule has 4 rings (SSSR count). The van der Waals surface area contributed by atoms with Gasteiger partial charge in [-0.15, -0.1) is 0 Å². The largest absolute Gasteiger partial charge is 0.488 e. The Labute approximate surface area is 163 Å². The molecule has 140 valence electrons. The van der Waals surface area contributed by atoms with E-state index in [4.69, 9.17) is 16.3 Å². The van der Waals surface area contributed by atoms with E-state index in [0.29, 0.717) is 32.8 Å². The highest BCUT2D eigenvalue weighted by molar-refractivity contribution is 6.30. The summed E-state index contributed by atoms with van der Waals surface area (Å²) in [6.07, 6.45) is 0. The summed E-state index contributed by atoms with van der Waals surface area (Å²) in [4.78, 5) is 19.6. The van der Waals surface area contributed by atoms with Gasteiger partial charge in [-0.1, -0.05) is 23.7 Å². The van der Waals surface area contributed by atoms with Crippen LogP contribution in [0.2, 0.25) is 5.02 Å². The predicted octanol–water partition coefficient (Wildman–Crippen LogP) is 5.10. The van der Waals surface area contributed by atoms with Crippen LogP contribution in [0.5, 0.6) is 5.75 Å². The molecule has 1 aromatic heterocycles. The normalized spacial score (nSPS) is 11.0. The fourth-order valence-corrected chi connectivity index (χ4v) is 3.05. The summed E-state index contributed by atoms with van der Waals surface area (Å²) in [5.74, 6) is -0.718. The molecule has 0 amide bonds. The smallest absolute Gasteiger partial charge is 0.259 e. The highest BCUT2D eigenvalue weighted by atomic mass is 35.5. The molecule has 1 N–H and O–H groups in total. The van der Waals surface area contributed by atoms with Gasteiger partial charge in [-0.2, -0.15) is 0 Å². The number of aromatic nitrogens is 2. The maximum atomic E-state index is 13.4. The molecule has 28 heavy (non-hydrogen) atoms. The SMILES string of the molecule is O=c1[nH]c(-c2cc(Cl)ccc2OCc2cc(F)cc(F)c2)nc2ccccc12. The number of fused-ring (bicyclic) bond motifs is 1. The molecule has 0 atom stereocenters. The second-order valence-corrected chi connectivity index (χ2v) is 6.57. The van der Waals surface area contributed by atoms with E-state index in [0.717, 1.165) is 6.07 Å². The molecule has 0 saturated heterocycles. The van der Waals surface area contributed by atoms with Crippen LogP contribution in [0.1, 0.15) is 5.56 Å². The Morgan fingerprint density at radius 2 is 1.75 bits per heavy atom. The molecule has 0 spiro atoms. The number of rotatable bonds is 4. The van der Waals surface area contributed by atoms with Crippen LogP contribution in [-0.2, 0) is 6.61 Å². The van der Waals surface area contributed by atoms with Crippen molar-refractivity contribution in [2.24, 2.45) is 0 Å². The van der Waals surface area contributed by atoms with Gasteiger partial charge in [0.15, 0.2) is 0 Å². The van der Waals surface area contributed by atoms with Gasteiger partial charge in [0.1, 0.15) is 29.8 Å². The summed E-state index contributed by atoms with van der Waals surface area (Å²) in [5.41, 5.74) is 1.03. The lowest BCUT2D eigenvalue weighted by atomic mass is 10.1. The number of nitrogens with zero attached hydrogens (tertiary/aromatic N) is 1. The summed E-state index contributed by atoms with van der Waals surface area (Å²) in [6.45, 7) is -0.0683. The zero-order valence-corrected chi connectivity index (χ0v) is 15.1. The van der Waals surface area contributed by atoms with E-state index < -0.39 is 11.6 Å². The van der Waals surface area contributed by atoms with Gasteiger partial charge in [0.2, 0.25) is 0 Å². The molecule has 0 saturated carbocycles. The second-order valence-electron chi connectivity index (χ2n) is 6.14. The van der Waals surface area contributed by atoms with Gasteiger partial charge in [0, 0.05) is 11.1 Å². The Kier molecular flexibility index (Phi) is 4.79. The Balaban J connectivity index is 1.74. The molecule has 4 aromatic rings. The van der Waals surface area contributed by atoms with Crippen molar-refractivity contribution in [1.29, 1.82) is 0 Å². The topological polar surface area (TPSA) is 55.0 Å². The zero-order valence-electron chi connectivity index (χ0n) is 14.4. The van der Waals surface area contributed by atoms with Crippen LogP contribution in [-0.4, -0.2) is 9.97 Å². The number of halogens is 3. The monoisotopic (exact) mass is 398 g/mol. The quantitative estimate of drug-likeness (QED) is 0.520. The average molecular weight is 399 g/mol. The van der Waals surface area contributed by atoms with Crippen LogP contribution < -0.4 is 10.3 Å². The first-order chi connectivity index (χ1) is 13.5. The lowest BCUT2D eigenvalue weighted by Crippen LogP contribution is -2.10. The van der Waals surface area contributed by atoms with E-state index in [1.807, 2.05) is 0 Å². The molecule has 1 heterocycles. The van der Waals surface area contributed by atoms with Crippen LogP contribution in [0.15, 0.2) is 65.5 Å². The summed E-state index contributed by atoms with van der Waals surface area (Å²) >= 11 is 6.11. The minimum absolute atomic E-state index is 0.0683. The van der Waals surface area contributed by atoms with E-state index >= 15 is 0 Å². The number of hydrogen-bond acceptors (Lipinski definition) is 3.